The van der Waals surface area contributed by atoms with E-state index in [1.165, 1.54) is 10.4 Å². The van der Waals surface area contributed by atoms with Gasteiger partial charge < -0.3 is 5.32 Å². The number of nitrogens with zero attached hydrogens (tertiary/aromatic N) is 3. The number of hydrogen-bond donors (Lipinski definition) is 1. The van der Waals surface area contributed by atoms with Crippen LogP contribution >= 0.6 is 0 Å². The molecule has 1 N–H and O–H groups in total. The standard InChI is InChI=1S/C19H18N4O4S/c24-23(25)18-8-7-17(19-16(18)6-2-9-20-19)21-13-14-4-1-5-15(12-14)22-10-3-11-28(22,26)27/h1-2,4-9,12,21H,3,10-11,13H2. The number of aromatic nitrogens is 1. The molecule has 0 unspecified atom stereocenters. The molecule has 2 aromatic carbocycles. The first-order valence-electron chi connectivity index (χ1n) is 8.81. The fourth-order valence-corrected chi connectivity index (χ4v) is 4.96. The number of anilines is 2. The van der Waals surface area contributed by atoms with Crippen LogP contribution in [0.15, 0.2) is 54.7 Å². The molecular weight excluding hydrogens is 380 g/mol. The number of rotatable bonds is 5. The van der Waals surface area contributed by atoms with Gasteiger partial charge in [-0.05, 0) is 42.3 Å². The molecular formula is C19H18N4O4S. The van der Waals surface area contributed by atoms with Gasteiger partial charge in [0.05, 0.1) is 27.4 Å². The Morgan fingerprint density at radius 2 is 2.04 bits per heavy atom. The molecule has 28 heavy (non-hydrogen) atoms. The van der Waals surface area contributed by atoms with Crippen LogP contribution < -0.4 is 9.62 Å². The molecule has 0 saturated carbocycles. The third kappa shape index (κ3) is 3.36. The van der Waals surface area contributed by atoms with E-state index in [2.05, 4.69) is 10.3 Å². The molecule has 9 heteroatoms. The summed E-state index contributed by atoms with van der Waals surface area (Å²) < 4.78 is 25.7. The van der Waals surface area contributed by atoms with E-state index in [1.807, 2.05) is 18.2 Å². The summed E-state index contributed by atoms with van der Waals surface area (Å²) in [6, 6.07) is 13.8. The summed E-state index contributed by atoms with van der Waals surface area (Å²) in [5.41, 5.74) is 2.77. The lowest BCUT2D eigenvalue weighted by molar-refractivity contribution is -0.383. The van der Waals surface area contributed by atoms with Crippen LogP contribution in [0.2, 0.25) is 0 Å². The fourth-order valence-electron chi connectivity index (χ4n) is 3.41. The molecule has 1 fully saturated rings. The number of non-ortho nitro benzene ring substituents is 1. The van der Waals surface area contributed by atoms with Crippen molar-refractivity contribution >= 4 is 38.0 Å². The quantitative estimate of drug-likeness (QED) is 0.522. The summed E-state index contributed by atoms with van der Waals surface area (Å²) in [7, 11) is -3.23. The minimum absolute atomic E-state index is 0.00915. The third-order valence-electron chi connectivity index (χ3n) is 4.72. The number of pyridine rings is 1. The van der Waals surface area contributed by atoms with Gasteiger partial charge in [-0.3, -0.25) is 19.4 Å². The van der Waals surface area contributed by atoms with E-state index in [1.54, 1.807) is 30.5 Å². The second-order valence-electron chi connectivity index (χ2n) is 6.55. The maximum absolute atomic E-state index is 12.1. The van der Waals surface area contributed by atoms with Crippen LogP contribution in [-0.2, 0) is 16.6 Å². The molecule has 0 atom stereocenters. The van der Waals surface area contributed by atoms with Crippen molar-refractivity contribution in [3.05, 3.63) is 70.4 Å². The molecule has 0 aliphatic carbocycles. The van der Waals surface area contributed by atoms with Crippen molar-refractivity contribution in [3.8, 4) is 0 Å². The monoisotopic (exact) mass is 398 g/mol. The predicted molar refractivity (Wildman–Crippen MR) is 108 cm³/mol. The zero-order valence-electron chi connectivity index (χ0n) is 14.9. The largest absolute Gasteiger partial charge is 0.379 e. The maximum Gasteiger partial charge on any atom is 0.278 e. The lowest BCUT2D eigenvalue weighted by Crippen LogP contribution is -2.25. The molecule has 1 aliphatic heterocycles. The van der Waals surface area contributed by atoms with Gasteiger partial charge in [-0.15, -0.1) is 0 Å². The first-order valence-corrected chi connectivity index (χ1v) is 10.4. The van der Waals surface area contributed by atoms with E-state index in [-0.39, 0.29) is 11.4 Å². The molecule has 0 bridgehead atoms. The predicted octanol–water partition coefficient (Wildman–Crippen LogP) is 3.30. The van der Waals surface area contributed by atoms with Crippen molar-refractivity contribution < 1.29 is 13.3 Å². The highest BCUT2D eigenvalue weighted by molar-refractivity contribution is 7.93. The summed E-state index contributed by atoms with van der Waals surface area (Å²) in [5, 5.41) is 14.9. The molecule has 1 aromatic heterocycles. The first kappa shape index (κ1) is 18.2. The number of nitro groups is 1. The van der Waals surface area contributed by atoms with Crippen LogP contribution in [0.4, 0.5) is 17.1 Å². The summed E-state index contributed by atoms with van der Waals surface area (Å²) in [6.45, 7) is 0.932. The Bertz CT molecular complexity index is 1160. The van der Waals surface area contributed by atoms with Gasteiger partial charge in [-0.1, -0.05) is 12.1 Å². The maximum atomic E-state index is 12.1. The van der Waals surface area contributed by atoms with Crippen molar-refractivity contribution in [2.45, 2.75) is 13.0 Å². The summed E-state index contributed by atoms with van der Waals surface area (Å²) in [6.07, 6.45) is 2.22. The van der Waals surface area contributed by atoms with Crippen LogP contribution in [0.3, 0.4) is 0 Å². The van der Waals surface area contributed by atoms with Gasteiger partial charge in [0, 0.05) is 25.4 Å². The number of hydrogen-bond acceptors (Lipinski definition) is 6. The Kier molecular flexibility index (Phi) is 4.60. The van der Waals surface area contributed by atoms with E-state index in [0.717, 1.165) is 5.56 Å². The summed E-state index contributed by atoms with van der Waals surface area (Å²) in [4.78, 5) is 15.1. The molecule has 144 valence electrons. The summed E-state index contributed by atoms with van der Waals surface area (Å²) >= 11 is 0. The van der Waals surface area contributed by atoms with Gasteiger partial charge in [0.2, 0.25) is 10.0 Å². The molecule has 0 amide bonds. The zero-order valence-corrected chi connectivity index (χ0v) is 15.7. The van der Waals surface area contributed by atoms with Gasteiger partial charge in [-0.2, -0.15) is 0 Å². The van der Waals surface area contributed by atoms with Crippen molar-refractivity contribution in [2.75, 3.05) is 21.9 Å². The normalized spacial score (nSPS) is 15.6. The lowest BCUT2D eigenvalue weighted by atomic mass is 10.1. The van der Waals surface area contributed by atoms with Crippen LogP contribution in [0.25, 0.3) is 10.9 Å². The average molecular weight is 398 g/mol. The highest BCUT2D eigenvalue weighted by Gasteiger charge is 2.28. The van der Waals surface area contributed by atoms with Crippen molar-refractivity contribution in [1.82, 2.24) is 4.98 Å². The minimum atomic E-state index is -3.23. The highest BCUT2D eigenvalue weighted by atomic mass is 32.2. The number of sulfonamides is 1. The smallest absolute Gasteiger partial charge is 0.278 e. The van der Waals surface area contributed by atoms with Gasteiger partial charge in [0.15, 0.2) is 0 Å². The molecule has 4 rings (SSSR count). The van der Waals surface area contributed by atoms with Crippen LogP contribution in [0.5, 0.6) is 0 Å². The van der Waals surface area contributed by atoms with E-state index in [9.17, 15) is 18.5 Å². The third-order valence-corrected chi connectivity index (χ3v) is 6.59. The Morgan fingerprint density at radius 3 is 2.79 bits per heavy atom. The summed E-state index contributed by atoms with van der Waals surface area (Å²) in [5.74, 6) is 0.177. The van der Waals surface area contributed by atoms with E-state index < -0.39 is 14.9 Å². The molecule has 0 spiro atoms. The van der Waals surface area contributed by atoms with Gasteiger partial charge >= 0.3 is 0 Å². The van der Waals surface area contributed by atoms with Crippen LogP contribution in [0.1, 0.15) is 12.0 Å². The minimum Gasteiger partial charge on any atom is -0.379 e. The van der Waals surface area contributed by atoms with Crippen LogP contribution in [-0.4, -0.2) is 30.6 Å². The SMILES string of the molecule is O=[N+]([O-])c1ccc(NCc2cccc(N3CCCS3(=O)=O)c2)c2ncccc12. The molecule has 8 nitrogen and oxygen atoms in total. The molecule has 1 aliphatic rings. The fraction of sp³-hybridized carbons (Fsp3) is 0.211. The number of nitro benzene ring substituents is 1. The molecule has 3 aromatic rings. The Morgan fingerprint density at radius 1 is 1.18 bits per heavy atom. The van der Waals surface area contributed by atoms with E-state index >= 15 is 0 Å². The molecule has 1 saturated heterocycles. The van der Waals surface area contributed by atoms with Gasteiger partial charge in [0.25, 0.3) is 5.69 Å². The molecule has 2 heterocycles. The topological polar surface area (TPSA) is 105 Å². The number of fused-ring (bicyclic) bond motifs is 1. The van der Waals surface area contributed by atoms with E-state index in [4.69, 9.17) is 0 Å². The number of benzene rings is 2. The second-order valence-corrected chi connectivity index (χ2v) is 8.57. The zero-order chi connectivity index (χ0) is 19.7. The van der Waals surface area contributed by atoms with Gasteiger partial charge in [-0.25, -0.2) is 8.42 Å². The van der Waals surface area contributed by atoms with Crippen molar-refractivity contribution in [2.24, 2.45) is 0 Å². The van der Waals surface area contributed by atoms with E-state index in [0.29, 0.717) is 41.8 Å². The first-order chi connectivity index (χ1) is 13.5. The second kappa shape index (κ2) is 7.08. The Hall–Kier alpha value is -3.20. The Balaban J connectivity index is 1.60. The number of nitrogens with one attached hydrogen (secondary N) is 1. The van der Waals surface area contributed by atoms with Crippen molar-refractivity contribution in [1.29, 1.82) is 0 Å². The Labute approximate surface area is 162 Å². The highest BCUT2D eigenvalue weighted by Crippen LogP contribution is 2.30. The van der Waals surface area contributed by atoms with Crippen molar-refractivity contribution in [3.63, 3.8) is 0 Å². The molecule has 0 radical (unpaired) electrons. The lowest BCUT2D eigenvalue weighted by Gasteiger charge is -2.18. The average Bonchev–Trinajstić information content (AvgIpc) is 3.05. The van der Waals surface area contributed by atoms with Gasteiger partial charge in [0.1, 0.15) is 5.52 Å². The van der Waals surface area contributed by atoms with Crippen LogP contribution in [0, 0.1) is 10.1 Å².